The number of aryl methyl sites for hydroxylation is 1. The zero-order valence-corrected chi connectivity index (χ0v) is 10.6. The third-order valence-corrected chi connectivity index (χ3v) is 3.15. The summed E-state index contributed by atoms with van der Waals surface area (Å²) in [6.45, 7) is 6.47. The van der Waals surface area contributed by atoms with Crippen LogP contribution >= 0.6 is 11.6 Å². The lowest BCUT2D eigenvalue weighted by molar-refractivity contribution is 0.411. The van der Waals surface area contributed by atoms with Gasteiger partial charge in [-0.15, -0.1) is 11.6 Å². The van der Waals surface area contributed by atoms with Gasteiger partial charge in [-0.2, -0.15) is 0 Å². The quantitative estimate of drug-likeness (QED) is 0.706. The summed E-state index contributed by atoms with van der Waals surface area (Å²) in [5.41, 5.74) is 2.48. The highest BCUT2D eigenvalue weighted by Gasteiger charge is 2.15. The SMILES string of the molecule is COc1ccc(C(CCl)C(C)C)cc1C. The molecular weight excluding hydrogens is 208 g/mol. The first kappa shape index (κ1) is 12.4. The summed E-state index contributed by atoms with van der Waals surface area (Å²) in [5, 5.41) is 0. The first-order chi connectivity index (χ1) is 7.10. The lowest BCUT2D eigenvalue weighted by atomic mass is 9.89. The molecule has 0 radical (unpaired) electrons. The van der Waals surface area contributed by atoms with Gasteiger partial charge in [0, 0.05) is 5.88 Å². The second kappa shape index (κ2) is 5.41. The van der Waals surface area contributed by atoms with E-state index in [1.165, 1.54) is 11.1 Å². The molecule has 0 amide bonds. The van der Waals surface area contributed by atoms with Crippen LogP contribution in [0.4, 0.5) is 0 Å². The monoisotopic (exact) mass is 226 g/mol. The molecule has 0 saturated carbocycles. The molecule has 0 aromatic heterocycles. The van der Waals surface area contributed by atoms with Crippen LogP contribution in [0.3, 0.4) is 0 Å². The van der Waals surface area contributed by atoms with Crippen molar-refractivity contribution in [2.24, 2.45) is 5.92 Å². The average Bonchev–Trinajstić information content (AvgIpc) is 2.18. The van der Waals surface area contributed by atoms with Crippen LogP contribution < -0.4 is 4.74 Å². The predicted molar refractivity (Wildman–Crippen MR) is 66.0 cm³/mol. The van der Waals surface area contributed by atoms with Crippen LogP contribution in [-0.4, -0.2) is 13.0 Å². The summed E-state index contributed by atoms with van der Waals surface area (Å²) in [6, 6.07) is 6.30. The van der Waals surface area contributed by atoms with Crippen LogP contribution in [0, 0.1) is 12.8 Å². The van der Waals surface area contributed by atoms with Crippen molar-refractivity contribution < 1.29 is 4.74 Å². The van der Waals surface area contributed by atoms with E-state index in [-0.39, 0.29) is 0 Å². The highest BCUT2D eigenvalue weighted by Crippen LogP contribution is 2.29. The van der Waals surface area contributed by atoms with E-state index in [1.54, 1.807) is 7.11 Å². The van der Waals surface area contributed by atoms with E-state index in [2.05, 4.69) is 32.9 Å². The molecule has 0 N–H and O–H groups in total. The molecule has 1 atom stereocenters. The van der Waals surface area contributed by atoms with Gasteiger partial charge >= 0.3 is 0 Å². The van der Waals surface area contributed by atoms with E-state index in [0.717, 1.165) is 5.75 Å². The van der Waals surface area contributed by atoms with Gasteiger partial charge in [0.15, 0.2) is 0 Å². The number of benzene rings is 1. The van der Waals surface area contributed by atoms with Crippen molar-refractivity contribution in [2.45, 2.75) is 26.7 Å². The van der Waals surface area contributed by atoms with E-state index in [4.69, 9.17) is 16.3 Å². The van der Waals surface area contributed by atoms with Crippen LogP contribution in [0.5, 0.6) is 5.75 Å². The van der Waals surface area contributed by atoms with Crippen LogP contribution in [0.15, 0.2) is 18.2 Å². The van der Waals surface area contributed by atoms with Crippen molar-refractivity contribution >= 4 is 11.6 Å². The Bertz CT molecular complexity index is 320. The zero-order chi connectivity index (χ0) is 11.4. The van der Waals surface area contributed by atoms with Crippen molar-refractivity contribution in [3.8, 4) is 5.75 Å². The van der Waals surface area contributed by atoms with Gasteiger partial charge in [0.1, 0.15) is 5.75 Å². The van der Waals surface area contributed by atoms with Crippen molar-refractivity contribution in [1.82, 2.24) is 0 Å². The predicted octanol–water partition coefficient (Wildman–Crippen LogP) is 3.98. The standard InChI is InChI=1S/C13H19ClO/c1-9(2)12(8-14)11-5-6-13(15-4)10(3)7-11/h5-7,9,12H,8H2,1-4H3. The maximum atomic E-state index is 5.99. The van der Waals surface area contributed by atoms with Gasteiger partial charge in [-0.3, -0.25) is 0 Å². The number of hydrogen-bond acceptors (Lipinski definition) is 1. The van der Waals surface area contributed by atoms with Crippen LogP contribution in [0.1, 0.15) is 30.9 Å². The number of rotatable bonds is 4. The second-order valence-corrected chi connectivity index (χ2v) is 4.54. The Morgan fingerprint density at radius 3 is 2.40 bits per heavy atom. The Hall–Kier alpha value is -0.690. The second-order valence-electron chi connectivity index (χ2n) is 4.23. The number of methoxy groups -OCH3 is 1. The molecule has 1 rings (SSSR count). The van der Waals surface area contributed by atoms with E-state index < -0.39 is 0 Å². The summed E-state index contributed by atoms with van der Waals surface area (Å²) >= 11 is 5.99. The molecular formula is C13H19ClO. The fourth-order valence-electron chi connectivity index (χ4n) is 1.78. The summed E-state index contributed by atoms with van der Waals surface area (Å²) < 4.78 is 5.24. The molecule has 0 aliphatic rings. The van der Waals surface area contributed by atoms with Gasteiger partial charge in [0.2, 0.25) is 0 Å². The van der Waals surface area contributed by atoms with Crippen molar-refractivity contribution in [3.63, 3.8) is 0 Å². The highest BCUT2D eigenvalue weighted by atomic mass is 35.5. The molecule has 1 aromatic carbocycles. The topological polar surface area (TPSA) is 9.23 Å². The smallest absolute Gasteiger partial charge is 0.121 e. The molecule has 0 bridgehead atoms. The third-order valence-electron chi connectivity index (χ3n) is 2.82. The molecule has 15 heavy (non-hydrogen) atoms. The normalized spacial score (nSPS) is 12.9. The molecule has 0 aliphatic carbocycles. The van der Waals surface area contributed by atoms with Gasteiger partial charge < -0.3 is 4.74 Å². The molecule has 0 spiro atoms. The molecule has 0 heterocycles. The van der Waals surface area contributed by atoms with Crippen LogP contribution in [0.2, 0.25) is 0 Å². The van der Waals surface area contributed by atoms with Crippen LogP contribution in [0.25, 0.3) is 0 Å². The fraction of sp³-hybridized carbons (Fsp3) is 0.538. The first-order valence-electron chi connectivity index (χ1n) is 5.30. The van der Waals surface area contributed by atoms with E-state index >= 15 is 0 Å². The summed E-state index contributed by atoms with van der Waals surface area (Å²) in [6.07, 6.45) is 0. The fourth-order valence-corrected chi connectivity index (χ4v) is 2.32. The minimum absolute atomic E-state index is 0.427. The zero-order valence-electron chi connectivity index (χ0n) is 9.88. The third kappa shape index (κ3) is 2.88. The summed E-state index contributed by atoms with van der Waals surface area (Å²) in [7, 11) is 1.70. The van der Waals surface area contributed by atoms with E-state index in [9.17, 15) is 0 Å². The van der Waals surface area contributed by atoms with E-state index in [1.807, 2.05) is 6.07 Å². The minimum Gasteiger partial charge on any atom is -0.496 e. The minimum atomic E-state index is 0.427. The molecule has 1 nitrogen and oxygen atoms in total. The molecule has 1 unspecified atom stereocenters. The van der Waals surface area contributed by atoms with Crippen molar-refractivity contribution in [3.05, 3.63) is 29.3 Å². The molecule has 0 aliphatic heterocycles. The van der Waals surface area contributed by atoms with Gasteiger partial charge in [0.05, 0.1) is 7.11 Å². The van der Waals surface area contributed by atoms with E-state index in [0.29, 0.717) is 17.7 Å². The lowest BCUT2D eigenvalue weighted by Crippen LogP contribution is -2.08. The first-order valence-corrected chi connectivity index (χ1v) is 5.84. The molecule has 1 aromatic rings. The largest absolute Gasteiger partial charge is 0.496 e. The average molecular weight is 227 g/mol. The van der Waals surface area contributed by atoms with Gasteiger partial charge in [-0.1, -0.05) is 26.0 Å². The highest BCUT2D eigenvalue weighted by molar-refractivity contribution is 6.18. The Morgan fingerprint density at radius 2 is 2.00 bits per heavy atom. The number of halogens is 1. The Kier molecular flexibility index (Phi) is 4.46. The molecule has 0 fully saturated rings. The summed E-state index contributed by atoms with van der Waals surface area (Å²) in [5.74, 6) is 2.60. The summed E-state index contributed by atoms with van der Waals surface area (Å²) in [4.78, 5) is 0. The molecule has 84 valence electrons. The Morgan fingerprint density at radius 1 is 1.33 bits per heavy atom. The van der Waals surface area contributed by atoms with Crippen molar-refractivity contribution in [2.75, 3.05) is 13.0 Å². The van der Waals surface area contributed by atoms with Crippen LogP contribution in [-0.2, 0) is 0 Å². The van der Waals surface area contributed by atoms with Gasteiger partial charge in [-0.25, -0.2) is 0 Å². The Balaban J connectivity index is 3.00. The van der Waals surface area contributed by atoms with Crippen molar-refractivity contribution in [1.29, 1.82) is 0 Å². The molecule has 0 saturated heterocycles. The lowest BCUT2D eigenvalue weighted by Gasteiger charge is -2.19. The maximum absolute atomic E-state index is 5.99. The molecule has 2 heteroatoms. The maximum Gasteiger partial charge on any atom is 0.121 e. The number of hydrogen-bond donors (Lipinski definition) is 0. The number of ether oxygens (including phenoxy) is 1. The number of alkyl halides is 1. The Labute approximate surface area is 97.4 Å². The van der Waals surface area contributed by atoms with Gasteiger partial charge in [-0.05, 0) is 36.0 Å². The van der Waals surface area contributed by atoms with Gasteiger partial charge in [0.25, 0.3) is 0 Å².